The lowest BCUT2D eigenvalue weighted by Gasteiger charge is -2.20. The van der Waals surface area contributed by atoms with Crippen LogP contribution in [0, 0.1) is 0 Å². The molecule has 0 saturated carbocycles. The quantitative estimate of drug-likeness (QED) is 0.158. The van der Waals surface area contributed by atoms with Gasteiger partial charge in [-0.25, -0.2) is 0 Å². The van der Waals surface area contributed by atoms with E-state index in [4.69, 9.17) is 0 Å². The summed E-state index contributed by atoms with van der Waals surface area (Å²) >= 11 is 0. The van der Waals surface area contributed by atoms with E-state index in [0.29, 0.717) is 0 Å². The molecule has 1 heteroatoms. The summed E-state index contributed by atoms with van der Waals surface area (Å²) in [6, 6.07) is 71.0. The molecule has 0 aliphatic heterocycles. The molecule has 1 nitrogen and oxygen atoms in total. The predicted octanol–water partition coefficient (Wildman–Crippen LogP) is 13.5. The Kier molecular flexibility index (Phi) is 7.51. The van der Waals surface area contributed by atoms with E-state index in [9.17, 15) is 0 Å². The van der Waals surface area contributed by atoms with Gasteiger partial charge < -0.3 is 4.57 Å². The van der Waals surface area contributed by atoms with Gasteiger partial charge in [-0.3, -0.25) is 0 Å². The number of fused-ring (bicyclic) bond motifs is 6. The largest absolute Gasteiger partial charge is 0.309 e. The van der Waals surface area contributed by atoms with Crippen molar-refractivity contribution < 1.29 is 0 Å². The maximum atomic E-state index is 4.50. The van der Waals surface area contributed by atoms with Crippen molar-refractivity contribution in [2.75, 3.05) is 0 Å². The van der Waals surface area contributed by atoms with Crippen LogP contribution in [0.4, 0.5) is 0 Å². The lowest BCUT2D eigenvalue weighted by atomic mass is 9.84. The number of benzene rings is 8. The van der Waals surface area contributed by atoms with Gasteiger partial charge in [0.15, 0.2) is 0 Å². The average molecular weight is 676 g/mol. The van der Waals surface area contributed by atoms with Crippen LogP contribution in [-0.4, -0.2) is 4.57 Å². The number of para-hydroxylation sites is 1. The van der Waals surface area contributed by atoms with Gasteiger partial charge in [-0.15, -0.1) is 0 Å². The predicted molar refractivity (Wildman–Crippen MR) is 224 cm³/mol. The van der Waals surface area contributed by atoms with Gasteiger partial charge in [0.05, 0.1) is 11.0 Å². The molecule has 53 heavy (non-hydrogen) atoms. The van der Waals surface area contributed by atoms with E-state index in [1.54, 1.807) is 0 Å². The van der Waals surface area contributed by atoms with Crippen LogP contribution in [0.25, 0.3) is 66.4 Å². The van der Waals surface area contributed by atoms with Gasteiger partial charge in [0.1, 0.15) is 0 Å². The zero-order chi connectivity index (χ0) is 35.3. The molecule has 0 radical (unpaired) electrons. The van der Waals surface area contributed by atoms with Crippen LogP contribution in [-0.2, 0) is 6.42 Å². The molecule has 10 rings (SSSR count). The average Bonchev–Trinajstić information content (AvgIpc) is 3.72. The second kappa shape index (κ2) is 12.8. The first-order valence-corrected chi connectivity index (χ1v) is 18.5. The summed E-state index contributed by atoms with van der Waals surface area (Å²) in [5.74, 6) is 0.230. The van der Waals surface area contributed by atoms with E-state index in [0.717, 1.165) is 17.7 Å². The summed E-state index contributed by atoms with van der Waals surface area (Å²) in [5.41, 5.74) is 18.6. The summed E-state index contributed by atoms with van der Waals surface area (Å²) in [6.07, 6.45) is 0.915. The minimum atomic E-state index is 0.230. The van der Waals surface area contributed by atoms with Crippen molar-refractivity contribution in [1.29, 1.82) is 0 Å². The summed E-state index contributed by atoms with van der Waals surface area (Å²) in [4.78, 5) is 0. The van der Waals surface area contributed by atoms with Gasteiger partial charge in [0.2, 0.25) is 0 Å². The Morgan fingerprint density at radius 2 is 0.981 bits per heavy atom. The van der Waals surface area contributed by atoms with Gasteiger partial charge in [-0.05, 0) is 110 Å². The Labute approximate surface area is 310 Å². The van der Waals surface area contributed by atoms with Crippen molar-refractivity contribution in [2.24, 2.45) is 0 Å². The molecule has 0 saturated heterocycles. The maximum Gasteiger partial charge on any atom is 0.0541 e. The highest BCUT2D eigenvalue weighted by Gasteiger charge is 2.24. The molecule has 0 fully saturated rings. The molecular formula is C52H37N. The van der Waals surface area contributed by atoms with Crippen molar-refractivity contribution in [2.45, 2.75) is 12.3 Å². The van der Waals surface area contributed by atoms with E-state index in [2.05, 4.69) is 205 Å². The zero-order valence-electron chi connectivity index (χ0n) is 29.4. The molecule has 9 aromatic rings. The first-order chi connectivity index (χ1) is 26.2. The Balaban J connectivity index is 0.972. The van der Waals surface area contributed by atoms with Crippen molar-refractivity contribution >= 4 is 27.4 Å². The molecule has 0 amide bonds. The number of hydrogen-bond acceptors (Lipinski definition) is 0. The van der Waals surface area contributed by atoms with Crippen LogP contribution in [0.3, 0.4) is 0 Å². The molecule has 1 aromatic heterocycles. The third-order valence-corrected chi connectivity index (χ3v) is 11.1. The van der Waals surface area contributed by atoms with Crippen LogP contribution in [0.5, 0.6) is 0 Å². The summed E-state index contributed by atoms with van der Waals surface area (Å²) < 4.78 is 2.39. The lowest BCUT2D eigenvalue weighted by molar-refractivity contribution is 0.805. The lowest BCUT2D eigenvalue weighted by Crippen LogP contribution is -2.06. The Hall–Kier alpha value is -6.70. The van der Waals surface area contributed by atoms with Crippen molar-refractivity contribution in [1.82, 2.24) is 4.57 Å². The van der Waals surface area contributed by atoms with Crippen LogP contribution < -0.4 is 0 Å². The van der Waals surface area contributed by atoms with Gasteiger partial charge in [0, 0.05) is 22.4 Å². The van der Waals surface area contributed by atoms with Crippen LogP contribution >= 0.6 is 0 Å². The molecule has 1 heterocycles. The molecule has 1 unspecified atom stereocenters. The summed E-state index contributed by atoms with van der Waals surface area (Å²) in [6.45, 7) is 4.50. The Morgan fingerprint density at radius 3 is 1.77 bits per heavy atom. The third kappa shape index (κ3) is 5.41. The molecular weight excluding hydrogens is 639 g/mol. The van der Waals surface area contributed by atoms with E-state index >= 15 is 0 Å². The van der Waals surface area contributed by atoms with E-state index in [-0.39, 0.29) is 5.92 Å². The van der Waals surface area contributed by atoms with Crippen LogP contribution in [0.1, 0.15) is 33.7 Å². The van der Waals surface area contributed by atoms with Gasteiger partial charge in [-0.2, -0.15) is 0 Å². The molecule has 8 aromatic carbocycles. The first-order valence-electron chi connectivity index (χ1n) is 18.5. The number of rotatable bonds is 7. The molecule has 1 aliphatic carbocycles. The number of aromatic nitrogens is 1. The fourth-order valence-corrected chi connectivity index (χ4v) is 8.44. The third-order valence-electron chi connectivity index (χ3n) is 11.1. The Bertz CT molecular complexity index is 2790. The minimum absolute atomic E-state index is 0.230. The molecule has 1 aliphatic rings. The molecule has 0 N–H and O–H groups in total. The smallest absolute Gasteiger partial charge is 0.0541 e. The standard InChI is InChI=1S/C52H37N/c1-35-44-16-8-9-17-45(44)46-30-26-42(34-48(35)46)49(40-14-6-3-7-15-40)32-36-20-22-39(23-21-36)41-27-31-52-50(33-41)47-18-10-11-19-51(47)53(52)43-28-24-38(25-29-43)37-12-4-2-5-13-37/h2-31,33-34,49H,1,32H2. The highest BCUT2D eigenvalue weighted by Crippen LogP contribution is 2.45. The Morgan fingerprint density at radius 1 is 0.396 bits per heavy atom. The number of hydrogen-bond donors (Lipinski definition) is 0. The maximum absolute atomic E-state index is 4.50. The monoisotopic (exact) mass is 675 g/mol. The first kappa shape index (κ1) is 31.1. The fourth-order valence-electron chi connectivity index (χ4n) is 8.44. The molecule has 1 atom stereocenters. The van der Waals surface area contributed by atoms with Gasteiger partial charge >= 0.3 is 0 Å². The van der Waals surface area contributed by atoms with Crippen LogP contribution in [0.2, 0.25) is 0 Å². The highest BCUT2D eigenvalue weighted by molar-refractivity contribution is 6.10. The van der Waals surface area contributed by atoms with Gasteiger partial charge in [-0.1, -0.05) is 164 Å². The van der Waals surface area contributed by atoms with Crippen molar-refractivity contribution in [3.05, 3.63) is 229 Å². The normalized spacial score (nSPS) is 12.6. The molecule has 0 bridgehead atoms. The molecule has 0 spiro atoms. The SMILES string of the molecule is C=C1c2ccccc2-c2ccc(C(Cc3ccc(-c4ccc5c(c4)c4ccccc4n5-c4ccc(-c5ccccc5)cc4)cc3)c3ccccc3)cc21. The number of nitrogens with zero attached hydrogens (tertiary/aromatic N) is 1. The summed E-state index contributed by atoms with van der Waals surface area (Å²) in [7, 11) is 0. The fraction of sp³-hybridized carbons (Fsp3) is 0.0385. The summed E-state index contributed by atoms with van der Waals surface area (Å²) in [5, 5.41) is 2.53. The second-order valence-corrected chi connectivity index (χ2v) is 14.2. The van der Waals surface area contributed by atoms with E-state index in [1.165, 1.54) is 83.0 Å². The topological polar surface area (TPSA) is 4.93 Å². The second-order valence-electron chi connectivity index (χ2n) is 14.2. The van der Waals surface area contributed by atoms with Crippen molar-refractivity contribution in [3.63, 3.8) is 0 Å². The minimum Gasteiger partial charge on any atom is -0.309 e. The van der Waals surface area contributed by atoms with Crippen LogP contribution in [0.15, 0.2) is 201 Å². The van der Waals surface area contributed by atoms with Gasteiger partial charge in [0.25, 0.3) is 0 Å². The molecule has 250 valence electrons. The van der Waals surface area contributed by atoms with E-state index in [1.807, 2.05) is 0 Å². The highest BCUT2D eigenvalue weighted by atomic mass is 15.0. The zero-order valence-corrected chi connectivity index (χ0v) is 29.4. The van der Waals surface area contributed by atoms with E-state index < -0.39 is 0 Å². The van der Waals surface area contributed by atoms with Crippen molar-refractivity contribution in [3.8, 4) is 39.1 Å².